The molecular weight excluding hydrogens is 809 g/mol. The molecule has 1 aliphatic heterocycles. The average molecular weight is 861 g/mol. The standard InChI is InChI=1S/C52H52N4O6S/c57-45-21-19-43(44-20-23-48(59)55-50(44)45)46(58)32-53-27-24-35-14-16-39(17-15-35)51(60)54-31-42-18-22-47(63-42)40-12-7-13-41(30-40)49(38-10-5-2-6-11-38)52(61)62-34-37-25-28-56(29-26-37)33-36-8-3-1-4-9-36/h1-23,30,37,46,49,53,57-58H,24-29,31-34H2,(H,54,60)(H,55,59)/t46-,49?/m0/s1. The molecular formula is C52H52N4O6S. The zero-order valence-electron chi connectivity index (χ0n) is 35.0. The van der Waals surface area contributed by atoms with Crippen molar-refractivity contribution in [2.24, 2.45) is 5.92 Å². The minimum Gasteiger partial charge on any atom is -0.506 e. The minimum absolute atomic E-state index is 0.0476. The molecule has 1 unspecified atom stereocenters. The van der Waals surface area contributed by atoms with Crippen molar-refractivity contribution in [2.45, 2.75) is 44.4 Å². The maximum atomic E-state index is 13.9. The lowest BCUT2D eigenvalue weighted by atomic mass is 9.90. The predicted octanol–water partition coefficient (Wildman–Crippen LogP) is 8.35. The van der Waals surface area contributed by atoms with E-state index in [9.17, 15) is 24.6 Å². The number of pyridine rings is 1. The molecule has 0 aliphatic carbocycles. The lowest BCUT2D eigenvalue weighted by molar-refractivity contribution is -0.146. The van der Waals surface area contributed by atoms with Crippen molar-refractivity contribution in [1.82, 2.24) is 20.5 Å². The second-order valence-electron chi connectivity index (χ2n) is 16.2. The Morgan fingerprint density at radius 1 is 0.810 bits per heavy atom. The number of carbonyl (C=O) groups is 2. The van der Waals surface area contributed by atoms with E-state index < -0.39 is 12.0 Å². The van der Waals surface area contributed by atoms with E-state index in [1.165, 1.54) is 17.7 Å². The first kappa shape index (κ1) is 43.3. The van der Waals surface area contributed by atoms with Gasteiger partial charge in [0, 0.05) is 39.9 Å². The second kappa shape index (κ2) is 20.7. The first-order chi connectivity index (χ1) is 30.8. The number of thiophene rings is 1. The fourth-order valence-electron chi connectivity index (χ4n) is 8.27. The van der Waals surface area contributed by atoms with Crippen LogP contribution in [0.2, 0.25) is 0 Å². The molecule has 2 atom stereocenters. The van der Waals surface area contributed by atoms with E-state index >= 15 is 0 Å². The molecule has 2 aromatic heterocycles. The summed E-state index contributed by atoms with van der Waals surface area (Å²) in [6.07, 6.45) is 1.86. The van der Waals surface area contributed by atoms with Gasteiger partial charge in [-0.1, -0.05) is 97.1 Å². The molecule has 1 amide bonds. The fourth-order valence-corrected chi connectivity index (χ4v) is 9.21. The van der Waals surface area contributed by atoms with Crippen LogP contribution in [0, 0.1) is 5.92 Å². The van der Waals surface area contributed by atoms with Crippen molar-refractivity contribution in [1.29, 1.82) is 0 Å². The van der Waals surface area contributed by atoms with Crippen molar-refractivity contribution in [3.05, 3.63) is 194 Å². The molecule has 7 aromatic rings. The number of likely N-dealkylation sites (tertiary alicyclic amines) is 1. The molecule has 0 radical (unpaired) electrons. The summed E-state index contributed by atoms with van der Waals surface area (Å²) in [5, 5.41) is 27.9. The zero-order valence-corrected chi connectivity index (χ0v) is 35.9. The number of phenolic OH excluding ortho intramolecular Hbond substituents is 1. The van der Waals surface area contributed by atoms with E-state index in [1.54, 1.807) is 23.5 Å². The van der Waals surface area contributed by atoms with Crippen molar-refractivity contribution in [2.75, 3.05) is 32.8 Å². The third kappa shape index (κ3) is 11.2. The van der Waals surface area contributed by atoms with E-state index in [4.69, 9.17) is 4.74 Å². The number of carbonyl (C=O) groups excluding carboxylic acids is 2. The van der Waals surface area contributed by atoms with Crippen LogP contribution in [0.3, 0.4) is 0 Å². The molecule has 11 heteroatoms. The maximum Gasteiger partial charge on any atom is 0.317 e. The smallest absolute Gasteiger partial charge is 0.317 e. The summed E-state index contributed by atoms with van der Waals surface area (Å²) in [5.74, 6) is -0.656. The molecule has 0 spiro atoms. The van der Waals surface area contributed by atoms with Crippen LogP contribution >= 0.6 is 11.3 Å². The molecule has 5 aromatic carbocycles. The summed E-state index contributed by atoms with van der Waals surface area (Å²) in [5.41, 5.74) is 6.29. The Morgan fingerprint density at radius 3 is 2.33 bits per heavy atom. The third-order valence-electron chi connectivity index (χ3n) is 11.8. The Bertz CT molecular complexity index is 2680. The number of aromatic amines is 1. The highest BCUT2D eigenvalue weighted by molar-refractivity contribution is 7.15. The maximum absolute atomic E-state index is 13.9. The van der Waals surface area contributed by atoms with E-state index in [-0.39, 0.29) is 29.7 Å². The first-order valence-corrected chi connectivity index (χ1v) is 22.4. The number of aromatic hydroxyl groups is 1. The molecule has 0 bridgehead atoms. The third-order valence-corrected chi connectivity index (χ3v) is 12.9. The largest absolute Gasteiger partial charge is 0.506 e. The number of phenols is 1. The van der Waals surface area contributed by atoms with E-state index in [0.29, 0.717) is 54.1 Å². The van der Waals surface area contributed by atoms with Crippen LogP contribution in [0.25, 0.3) is 21.3 Å². The van der Waals surface area contributed by atoms with Crippen LogP contribution in [-0.2, 0) is 29.0 Å². The normalized spacial score (nSPS) is 14.3. The van der Waals surface area contributed by atoms with Gasteiger partial charge < -0.3 is 30.6 Å². The SMILES string of the molecule is O=C(NCc1ccc(-c2cccc(C(C(=O)OCC3CCN(Cc4ccccc4)CC3)c3ccccc3)c2)s1)c1ccc(CCNC[C@H](O)c2ccc(O)c3[nH]c(=O)ccc23)cc1. The topological polar surface area (TPSA) is 144 Å². The Kier molecular flexibility index (Phi) is 14.2. The average Bonchev–Trinajstić information content (AvgIpc) is 3.80. The van der Waals surface area contributed by atoms with Gasteiger partial charge in [0.25, 0.3) is 5.91 Å². The number of amides is 1. The molecule has 1 aliphatic rings. The number of hydrogen-bond donors (Lipinski definition) is 5. The summed E-state index contributed by atoms with van der Waals surface area (Å²) >= 11 is 1.61. The van der Waals surface area contributed by atoms with Crippen LogP contribution in [-0.4, -0.2) is 64.8 Å². The van der Waals surface area contributed by atoms with Crippen LogP contribution in [0.5, 0.6) is 5.75 Å². The van der Waals surface area contributed by atoms with E-state index in [0.717, 1.165) is 64.5 Å². The Balaban J connectivity index is 0.816. The summed E-state index contributed by atoms with van der Waals surface area (Å²) in [6.45, 7) is 4.62. The molecule has 5 N–H and O–H groups in total. The lowest BCUT2D eigenvalue weighted by Gasteiger charge is -2.32. The number of nitrogens with zero attached hydrogens (tertiary/aromatic N) is 1. The monoisotopic (exact) mass is 860 g/mol. The molecule has 3 heterocycles. The van der Waals surface area contributed by atoms with Crippen molar-refractivity contribution < 1.29 is 24.5 Å². The number of ether oxygens (including phenoxy) is 1. The second-order valence-corrected chi connectivity index (χ2v) is 17.4. The summed E-state index contributed by atoms with van der Waals surface area (Å²) in [7, 11) is 0. The quantitative estimate of drug-likeness (QED) is 0.0455. The van der Waals surface area contributed by atoms with Crippen LogP contribution in [0.4, 0.5) is 0 Å². The summed E-state index contributed by atoms with van der Waals surface area (Å²) in [4.78, 5) is 45.9. The van der Waals surface area contributed by atoms with Crippen molar-refractivity contribution >= 4 is 34.1 Å². The van der Waals surface area contributed by atoms with Crippen molar-refractivity contribution in [3.8, 4) is 16.2 Å². The number of esters is 1. The molecule has 8 rings (SSSR count). The summed E-state index contributed by atoms with van der Waals surface area (Å²) in [6, 6.07) is 46.2. The van der Waals surface area contributed by atoms with Crippen molar-refractivity contribution in [3.63, 3.8) is 0 Å². The van der Waals surface area contributed by atoms with Gasteiger partial charge in [0.15, 0.2) is 0 Å². The fraction of sp³-hybridized carbons (Fsp3) is 0.250. The van der Waals surface area contributed by atoms with Gasteiger partial charge in [0.2, 0.25) is 5.56 Å². The predicted molar refractivity (Wildman–Crippen MR) is 249 cm³/mol. The Hall–Kier alpha value is -6.37. The number of piperidine rings is 1. The van der Waals surface area contributed by atoms with Gasteiger partial charge in [-0.05, 0) is 121 Å². The van der Waals surface area contributed by atoms with Crippen LogP contribution in [0.1, 0.15) is 67.9 Å². The van der Waals surface area contributed by atoms with Gasteiger partial charge in [0.1, 0.15) is 11.7 Å². The van der Waals surface area contributed by atoms with Gasteiger partial charge >= 0.3 is 5.97 Å². The highest BCUT2D eigenvalue weighted by atomic mass is 32.1. The number of aliphatic hydroxyl groups excluding tert-OH is 1. The van der Waals surface area contributed by atoms with Gasteiger partial charge in [-0.15, -0.1) is 11.3 Å². The lowest BCUT2D eigenvalue weighted by Crippen LogP contribution is -2.35. The number of benzene rings is 5. The van der Waals surface area contributed by atoms with Gasteiger partial charge in [-0.25, -0.2) is 0 Å². The van der Waals surface area contributed by atoms with Gasteiger partial charge in [0.05, 0.1) is 24.8 Å². The number of rotatable bonds is 17. The molecule has 1 fully saturated rings. The number of aliphatic hydroxyl groups is 1. The molecule has 322 valence electrons. The Labute approximate surface area is 371 Å². The van der Waals surface area contributed by atoms with Gasteiger partial charge in [-0.2, -0.15) is 0 Å². The molecule has 0 saturated carbocycles. The highest BCUT2D eigenvalue weighted by Gasteiger charge is 2.27. The zero-order chi connectivity index (χ0) is 43.5. The summed E-state index contributed by atoms with van der Waals surface area (Å²) < 4.78 is 6.09. The number of fused-ring (bicyclic) bond motifs is 1. The Morgan fingerprint density at radius 2 is 1.56 bits per heavy atom. The molecule has 1 saturated heterocycles. The van der Waals surface area contributed by atoms with Crippen LogP contribution in [0.15, 0.2) is 150 Å². The number of aromatic nitrogens is 1. The highest BCUT2D eigenvalue weighted by Crippen LogP contribution is 2.34. The van der Waals surface area contributed by atoms with Gasteiger partial charge in [-0.3, -0.25) is 19.3 Å². The van der Waals surface area contributed by atoms with E-state index in [1.807, 2.05) is 78.9 Å². The molecule has 10 nitrogen and oxygen atoms in total. The minimum atomic E-state index is -0.840. The number of hydrogen-bond acceptors (Lipinski definition) is 9. The van der Waals surface area contributed by atoms with Crippen LogP contribution < -0.4 is 16.2 Å². The number of nitrogens with one attached hydrogen (secondary N) is 3. The first-order valence-electron chi connectivity index (χ1n) is 21.5. The molecule has 63 heavy (non-hydrogen) atoms. The van der Waals surface area contributed by atoms with E-state index in [2.05, 4.69) is 63.0 Å². The number of H-pyrrole nitrogens is 1.